The molecule has 0 bridgehead atoms. The molecule has 0 saturated carbocycles. The van der Waals surface area contributed by atoms with Crippen LogP contribution in [0.3, 0.4) is 0 Å². The fourth-order valence-corrected chi connectivity index (χ4v) is 2.73. The lowest BCUT2D eigenvalue weighted by molar-refractivity contribution is -0.123. The molecule has 0 atom stereocenters. The molecule has 0 aromatic heterocycles. The van der Waals surface area contributed by atoms with E-state index in [-0.39, 0.29) is 12.4 Å². The molecular formula is C23H19BrN2O5. The molecule has 3 rings (SSSR count). The van der Waals surface area contributed by atoms with E-state index in [4.69, 9.17) is 14.2 Å². The van der Waals surface area contributed by atoms with Gasteiger partial charge in [-0.3, -0.25) is 4.79 Å². The summed E-state index contributed by atoms with van der Waals surface area (Å²) < 4.78 is 16.9. The zero-order valence-corrected chi connectivity index (χ0v) is 18.2. The number of esters is 1. The number of methoxy groups -OCH3 is 1. The Labute approximate surface area is 187 Å². The van der Waals surface area contributed by atoms with Gasteiger partial charge in [0.25, 0.3) is 5.91 Å². The van der Waals surface area contributed by atoms with Gasteiger partial charge in [-0.25, -0.2) is 10.2 Å². The second kappa shape index (κ2) is 10.9. The fraction of sp³-hybridized carbons (Fsp3) is 0.0870. The summed E-state index contributed by atoms with van der Waals surface area (Å²) in [7, 11) is 1.47. The van der Waals surface area contributed by atoms with Crippen LogP contribution in [-0.2, 0) is 4.79 Å². The zero-order valence-electron chi connectivity index (χ0n) is 16.6. The lowest BCUT2D eigenvalue weighted by Crippen LogP contribution is -2.24. The third-order valence-corrected chi connectivity index (χ3v) is 4.51. The Kier molecular flexibility index (Phi) is 7.78. The Balaban J connectivity index is 1.56. The molecule has 3 aromatic carbocycles. The summed E-state index contributed by atoms with van der Waals surface area (Å²) >= 11 is 3.32. The van der Waals surface area contributed by atoms with Crippen molar-refractivity contribution in [1.82, 2.24) is 5.43 Å². The van der Waals surface area contributed by atoms with Crippen molar-refractivity contribution >= 4 is 34.0 Å². The van der Waals surface area contributed by atoms with Crippen LogP contribution in [0.15, 0.2) is 82.4 Å². The lowest BCUT2D eigenvalue weighted by atomic mass is 10.2. The van der Waals surface area contributed by atoms with Crippen LogP contribution in [0.1, 0.15) is 15.9 Å². The molecule has 0 heterocycles. The highest BCUT2D eigenvalue weighted by molar-refractivity contribution is 9.10. The molecule has 31 heavy (non-hydrogen) atoms. The number of nitrogens with zero attached hydrogens (tertiary/aromatic N) is 1. The second-order valence-corrected chi connectivity index (χ2v) is 7.12. The van der Waals surface area contributed by atoms with Crippen LogP contribution in [0.25, 0.3) is 0 Å². The lowest BCUT2D eigenvalue weighted by Gasteiger charge is -2.10. The molecule has 3 aromatic rings. The van der Waals surface area contributed by atoms with Crippen molar-refractivity contribution in [2.45, 2.75) is 0 Å². The number of benzene rings is 3. The van der Waals surface area contributed by atoms with E-state index in [1.165, 1.54) is 13.3 Å². The summed E-state index contributed by atoms with van der Waals surface area (Å²) in [6.07, 6.45) is 1.45. The van der Waals surface area contributed by atoms with Crippen molar-refractivity contribution in [1.29, 1.82) is 0 Å². The Morgan fingerprint density at radius 1 is 1.00 bits per heavy atom. The number of hydrazone groups is 1. The Morgan fingerprint density at radius 3 is 2.45 bits per heavy atom. The molecule has 0 aliphatic carbocycles. The quantitative estimate of drug-likeness (QED) is 0.225. The van der Waals surface area contributed by atoms with Gasteiger partial charge in [-0.2, -0.15) is 5.10 Å². The minimum Gasteiger partial charge on any atom is -0.493 e. The fourth-order valence-electron chi connectivity index (χ4n) is 2.47. The van der Waals surface area contributed by atoms with Crippen LogP contribution in [0.4, 0.5) is 0 Å². The number of ether oxygens (including phenoxy) is 3. The molecular weight excluding hydrogens is 464 g/mol. The van der Waals surface area contributed by atoms with Crippen molar-refractivity contribution < 1.29 is 23.8 Å². The normalized spacial score (nSPS) is 10.5. The van der Waals surface area contributed by atoms with Gasteiger partial charge in [-0.15, -0.1) is 0 Å². The first-order valence-electron chi connectivity index (χ1n) is 9.20. The molecule has 0 saturated heterocycles. The van der Waals surface area contributed by atoms with Crippen LogP contribution < -0.4 is 19.6 Å². The number of hydrogen-bond acceptors (Lipinski definition) is 6. The summed E-state index contributed by atoms with van der Waals surface area (Å²) in [5, 5.41) is 3.90. The highest BCUT2D eigenvalue weighted by atomic mass is 79.9. The van der Waals surface area contributed by atoms with E-state index in [0.717, 1.165) is 4.47 Å². The number of carbonyl (C=O) groups excluding carboxylic acids is 2. The van der Waals surface area contributed by atoms with Gasteiger partial charge in [0.15, 0.2) is 18.1 Å². The van der Waals surface area contributed by atoms with Crippen molar-refractivity contribution in [3.8, 4) is 17.2 Å². The smallest absolute Gasteiger partial charge is 0.343 e. The summed E-state index contributed by atoms with van der Waals surface area (Å²) in [6, 6.07) is 20.8. The standard InChI is InChI=1S/C23H19BrN2O5/c1-29-21-13-16(14-25-26-22(27)15-30-19-5-3-2-4-6-19)7-12-20(21)31-23(28)17-8-10-18(24)11-9-17/h2-14H,15H2,1H3,(H,26,27). The summed E-state index contributed by atoms with van der Waals surface area (Å²) in [5.41, 5.74) is 3.44. The van der Waals surface area contributed by atoms with Gasteiger partial charge < -0.3 is 14.2 Å². The van der Waals surface area contributed by atoms with Crippen molar-refractivity contribution in [3.63, 3.8) is 0 Å². The minimum atomic E-state index is -0.502. The third-order valence-electron chi connectivity index (χ3n) is 3.99. The van der Waals surface area contributed by atoms with Crippen molar-refractivity contribution in [2.24, 2.45) is 5.10 Å². The molecule has 8 heteroatoms. The predicted molar refractivity (Wildman–Crippen MR) is 120 cm³/mol. The number of hydrogen-bond donors (Lipinski definition) is 1. The van der Waals surface area contributed by atoms with Gasteiger partial charge in [-0.1, -0.05) is 34.1 Å². The Bertz CT molecular complexity index is 1070. The van der Waals surface area contributed by atoms with Gasteiger partial charge >= 0.3 is 5.97 Å². The first kappa shape index (κ1) is 22.0. The molecule has 0 aliphatic heterocycles. The number of amides is 1. The maximum absolute atomic E-state index is 12.3. The number of carbonyl (C=O) groups is 2. The largest absolute Gasteiger partial charge is 0.493 e. The minimum absolute atomic E-state index is 0.157. The first-order chi connectivity index (χ1) is 15.0. The maximum atomic E-state index is 12.3. The summed E-state index contributed by atoms with van der Waals surface area (Å²) in [5.74, 6) is 0.325. The average Bonchev–Trinajstić information content (AvgIpc) is 2.79. The molecule has 1 amide bonds. The third kappa shape index (κ3) is 6.68. The van der Waals surface area contributed by atoms with E-state index < -0.39 is 11.9 Å². The molecule has 158 valence electrons. The van der Waals surface area contributed by atoms with E-state index in [1.807, 2.05) is 18.2 Å². The molecule has 0 radical (unpaired) electrons. The van der Waals surface area contributed by atoms with Crippen LogP contribution in [0.5, 0.6) is 17.2 Å². The average molecular weight is 483 g/mol. The van der Waals surface area contributed by atoms with Gasteiger partial charge in [0, 0.05) is 4.47 Å². The second-order valence-electron chi connectivity index (χ2n) is 6.20. The van der Waals surface area contributed by atoms with Crippen LogP contribution >= 0.6 is 15.9 Å². The maximum Gasteiger partial charge on any atom is 0.343 e. The van der Waals surface area contributed by atoms with E-state index in [9.17, 15) is 9.59 Å². The summed E-state index contributed by atoms with van der Waals surface area (Å²) in [6.45, 7) is -0.157. The van der Waals surface area contributed by atoms with Gasteiger partial charge in [0.2, 0.25) is 0 Å². The van der Waals surface area contributed by atoms with Gasteiger partial charge in [-0.05, 0) is 60.2 Å². The van der Waals surface area contributed by atoms with E-state index in [2.05, 4.69) is 26.5 Å². The van der Waals surface area contributed by atoms with Crippen LogP contribution in [-0.4, -0.2) is 31.8 Å². The Hall–Kier alpha value is -3.65. The SMILES string of the molecule is COc1cc(C=NNC(=O)COc2ccccc2)ccc1OC(=O)c1ccc(Br)cc1. The molecule has 1 N–H and O–H groups in total. The highest BCUT2D eigenvalue weighted by Crippen LogP contribution is 2.28. The van der Waals surface area contributed by atoms with Crippen LogP contribution in [0.2, 0.25) is 0 Å². The van der Waals surface area contributed by atoms with Crippen molar-refractivity contribution in [3.05, 3.63) is 88.4 Å². The topological polar surface area (TPSA) is 86.2 Å². The molecule has 7 nitrogen and oxygen atoms in total. The number of halogens is 1. The summed E-state index contributed by atoms with van der Waals surface area (Å²) in [4.78, 5) is 24.1. The molecule has 0 fully saturated rings. The monoisotopic (exact) mass is 482 g/mol. The molecule has 0 spiro atoms. The van der Waals surface area contributed by atoms with Gasteiger partial charge in [0.05, 0.1) is 18.9 Å². The first-order valence-corrected chi connectivity index (χ1v) is 10.00. The van der Waals surface area contributed by atoms with E-state index in [1.54, 1.807) is 54.6 Å². The van der Waals surface area contributed by atoms with Crippen LogP contribution in [0, 0.1) is 0 Å². The number of nitrogens with one attached hydrogen (secondary N) is 1. The number of para-hydroxylation sites is 1. The predicted octanol–water partition coefficient (Wildman–Crippen LogP) is 4.21. The number of rotatable bonds is 8. The molecule has 0 aliphatic rings. The zero-order chi connectivity index (χ0) is 22.1. The van der Waals surface area contributed by atoms with Crippen molar-refractivity contribution in [2.75, 3.05) is 13.7 Å². The highest BCUT2D eigenvalue weighted by Gasteiger charge is 2.13. The molecule has 0 unspecified atom stereocenters. The Morgan fingerprint density at radius 2 is 1.74 bits per heavy atom. The van der Waals surface area contributed by atoms with Gasteiger partial charge in [0.1, 0.15) is 5.75 Å². The van der Waals surface area contributed by atoms with E-state index in [0.29, 0.717) is 22.6 Å². The van der Waals surface area contributed by atoms with E-state index >= 15 is 0 Å².